The number of rotatable bonds is 9. The van der Waals surface area contributed by atoms with E-state index in [9.17, 15) is 18.4 Å². The Balaban J connectivity index is 2.03. The molecule has 5 nitrogen and oxygen atoms in total. The van der Waals surface area contributed by atoms with Crippen LogP contribution in [0, 0.1) is 11.6 Å². The molecule has 0 aliphatic carbocycles. The van der Waals surface area contributed by atoms with Crippen LogP contribution in [0.1, 0.15) is 26.3 Å². The molecule has 0 spiro atoms. The number of nitrogens with zero attached hydrogens (tertiary/aromatic N) is 2. The average molecular weight is 403 g/mol. The van der Waals surface area contributed by atoms with Crippen molar-refractivity contribution in [2.75, 3.05) is 25.0 Å². The van der Waals surface area contributed by atoms with Gasteiger partial charge in [-0.05, 0) is 38.1 Å². The zero-order valence-electron chi connectivity index (χ0n) is 17.0. The summed E-state index contributed by atoms with van der Waals surface area (Å²) < 4.78 is 27.5. The van der Waals surface area contributed by atoms with Gasteiger partial charge >= 0.3 is 0 Å². The topological polar surface area (TPSA) is 52.7 Å². The number of anilines is 1. The molecule has 2 aromatic rings. The molecule has 0 aliphatic heterocycles. The van der Waals surface area contributed by atoms with Gasteiger partial charge in [0.05, 0.1) is 12.6 Å². The smallest absolute Gasteiger partial charge is 0.239 e. The number of benzene rings is 2. The summed E-state index contributed by atoms with van der Waals surface area (Å²) >= 11 is 0. The van der Waals surface area contributed by atoms with E-state index in [1.807, 2.05) is 44.2 Å². The van der Waals surface area contributed by atoms with E-state index >= 15 is 0 Å². The molecule has 29 heavy (non-hydrogen) atoms. The van der Waals surface area contributed by atoms with Gasteiger partial charge in [0.1, 0.15) is 17.3 Å². The van der Waals surface area contributed by atoms with Gasteiger partial charge in [-0.15, -0.1) is 0 Å². The monoisotopic (exact) mass is 403 g/mol. The molecule has 0 heterocycles. The van der Waals surface area contributed by atoms with Crippen molar-refractivity contribution in [3.05, 3.63) is 65.7 Å². The summed E-state index contributed by atoms with van der Waals surface area (Å²) in [6.07, 6.45) is 0. The second-order valence-corrected chi connectivity index (χ2v) is 6.72. The second kappa shape index (κ2) is 10.7. The van der Waals surface area contributed by atoms with E-state index in [-0.39, 0.29) is 12.5 Å². The van der Waals surface area contributed by atoms with Crippen LogP contribution in [0.15, 0.2) is 48.5 Å². The molecule has 0 aromatic heterocycles. The van der Waals surface area contributed by atoms with E-state index in [2.05, 4.69) is 5.32 Å². The number of nitrogens with one attached hydrogen (secondary N) is 1. The van der Waals surface area contributed by atoms with Crippen LogP contribution in [0.2, 0.25) is 0 Å². The van der Waals surface area contributed by atoms with Crippen molar-refractivity contribution in [3.8, 4) is 0 Å². The number of hydrogen-bond donors (Lipinski definition) is 1. The molecule has 1 N–H and O–H groups in total. The van der Waals surface area contributed by atoms with Gasteiger partial charge in [0, 0.05) is 13.1 Å². The summed E-state index contributed by atoms with van der Waals surface area (Å²) in [7, 11) is 0. The van der Waals surface area contributed by atoms with Crippen LogP contribution in [-0.2, 0) is 16.1 Å². The summed E-state index contributed by atoms with van der Waals surface area (Å²) in [5.41, 5.74) is 0.539. The number of para-hydroxylation sites is 1. The third kappa shape index (κ3) is 6.09. The fourth-order valence-corrected chi connectivity index (χ4v) is 3.07. The highest BCUT2D eigenvalue weighted by Gasteiger charge is 2.26. The standard InChI is InChI=1S/C22H27F2N3O2/c1-4-26(15-20(28)25-21-18(23)12-9-13-19(21)24)16(3)22(29)27(5-2)14-17-10-7-6-8-11-17/h6-13,16H,4-5,14-15H2,1-3H3,(H,25,28). The minimum atomic E-state index is -0.842. The van der Waals surface area contributed by atoms with Crippen molar-refractivity contribution in [1.82, 2.24) is 9.80 Å². The lowest BCUT2D eigenvalue weighted by Gasteiger charge is -2.31. The van der Waals surface area contributed by atoms with Gasteiger partial charge in [0.15, 0.2) is 0 Å². The van der Waals surface area contributed by atoms with E-state index < -0.39 is 29.3 Å². The van der Waals surface area contributed by atoms with Crippen molar-refractivity contribution in [2.24, 2.45) is 0 Å². The van der Waals surface area contributed by atoms with Crippen LogP contribution >= 0.6 is 0 Å². The lowest BCUT2D eigenvalue weighted by atomic mass is 10.1. The highest BCUT2D eigenvalue weighted by molar-refractivity contribution is 5.93. The highest BCUT2D eigenvalue weighted by atomic mass is 19.1. The SMILES string of the molecule is CCN(Cc1ccccc1)C(=O)C(C)N(CC)CC(=O)Nc1c(F)cccc1F. The van der Waals surface area contributed by atoms with Crippen molar-refractivity contribution in [3.63, 3.8) is 0 Å². The summed E-state index contributed by atoms with van der Waals surface area (Å²) in [4.78, 5) is 28.7. The van der Waals surface area contributed by atoms with Gasteiger partial charge in [-0.1, -0.05) is 43.3 Å². The van der Waals surface area contributed by atoms with Gasteiger partial charge in [-0.2, -0.15) is 0 Å². The maximum atomic E-state index is 13.7. The Hall–Kier alpha value is -2.80. The molecule has 156 valence electrons. The van der Waals surface area contributed by atoms with Gasteiger partial charge in [0.25, 0.3) is 0 Å². The molecule has 7 heteroatoms. The first-order valence-corrected chi connectivity index (χ1v) is 9.67. The summed E-state index contributed by atoms with van der Waals surface area (Å²) in [5, 5.41) is 2.26. The molecule has 1 unspecified atom stereocenters. The van der Waals surface area contributed by atoms with Crippen LogP contribution in [-0.4, -0.2) is 47.3 Å². The normalized spacial score (nSPS) is 11.9. The summed E-state index contributed by atoms with van der Waals surface area (Å²) in [6.45, 7) is 6.75. The third-order valence-electron chi connectivity index (χ3n) is 4.79. The number of hydrogen-bond acceptors (Lipinski definition) is 3. The maximum Gasteiger partial charge on any atom is 0.239 e. The first kappa shape index (κ1) is 22.5. The quantitative estimate of drug-likeness (QED) is 0.695. The fourth-order valence-electron chi connectivity index (χ4n) is 3.07. The van der Waals surface area contributed by atoms with Crippen molar-refractivity contribution < 1.29 is 18.4 Å². The predicted molar refractivity (Wildman–Crippen MR) is 109 cm³/mol. The molecule has 0 fully saturated rings. The predicted octanol–water partition coefficient (Wildman–Crippen LogP) is 3.66. The van der Waals surface area contributed by atoms with E-state index in [1.165, 1.54) is 6.07 Å². The second-order valence-electron chi connectivity index (χ2n) is 6.72. The molecule has 0 saturated heterocycles. The van der Waals surface area contributed by atoms with Gasteiger partial charge < -0.3 is 10.2 Å². The van der Waals surface area contributed by atoms with Crippen LogP contribution in [0.3, 0.4) is 0 Å². The molecule has 0 bridgehead atoms. The van der Waals surface area contributed by atoms with Crippen LogP contribution in [0.25, 0.3) is 0 Å². The Morgan fingerprint density at radius 3 is 2.14 bits per heavy atom. The Kier molecular flexibility index (Phi) is 8.27. The van der Waals surface area contributed by atoms with Crippen molar-refractivity contribution in [1.29, 1.82) is 0 Å². The van der Waals surface area contributed by atoms with Gasteiger partial charge in [-0.25, -0.2) is 8.78 Å². The Bertz CT molecular complexity index is 810. The molecule has 1 atom stereocenters. The van der Waals surface area contributed by atoms with E-state index in [4.69, 9.17) is 0 Å². The molecular weight excluding hydrogens is 376 g/mol. The summed E-state index contributed by atoms with van der Waals surface area (Å²) in [6, 6.07) is 12.5. The molecule has 2 amide bonds. The third-order valence-corrected chi connectivity index (χ3v) is 4.79. The van der Waals surface area contributed by atoms with Crippen molar-refractivity contribution >= 4 is 17.5 Å². The molecule has 0 saturated carbocycles. The molecule has 0 aliphatic rings. The Morgan fingerprint density at radius 2 is 1.59 bits per heavy atom. The highest BCUT2D eigenvalue weighted by Crippen LogP contribution is 2.18. The largest absolute Gasteiger partial charge is 0.337 e. The zero-order chi connectivity index (χ0) is 21.4. The number of carbonyl (C=O) groups is 2. The van der Waals surface area contributed by atoms with Crippen LogP contribution in [0.5, 0.6) is 0 Å². The van der Waals surface area contributed by atoms with E-state index in [1.54, 1.807) is 16.7 Å². The lowest BCUT2D eigenvalue weighted by molar-refractivity contribution is -0.137. The van der Waals surface area contributed by atoms with Crippen LogP contribution < -0.4 is 5.32 Å². The van der Waals surface area contributed by atoms with E-state index in [0.29, 0.717) is 19.6 Å². The van der Waals surface area contributed by atoms with Gasteiger partial charge in [0.2, 0.25) is 11.8 Å². The minimum Gasteiger partial charge on any atom is -0.337 e. The van der Waals surface area contributed by atoms with Crippen molar-refractivity contribution in [2.45, 2.75) is 33.4 Å². The van der Waals surface area contributed by atoms with E-state index in [0.717, 1.165) is 17.7 Å². The molecule has 2 rings (SSSR count). The number of carbonyl (C=O) groups excluding carboxylic acids is 2. The first-order valence-electron chi connectivity index (χ1n) is 9.67. The Morgan fingerprint density at radius 1 is 0.966 bits per heavy atom. The Labute approximate surface area is 170 Å². The lowest BCUT2D eigenvalue weighted by Crippen LogP contribution is -2.49. The number of amides is 2. The molecule has 2 aromatic carbocycles. The zero-order valence-corrected chi connectivity index (χ0v) is 17.0. The first-order chi connectivity index (χ1) is 13.9. The molecular formula is C22H27F2N3O2. The minimum absolute atomic E-state index is 0.108. The van der Waals surface area contributed by atoms with Crippen LogP contribution in [0.4, 0.5) is 14.5 Å². The number of halogens is 2. The van der Waals surface area contributed by atoms with Gasteiger partial charge in [-0.3, -0.25) is 14.5 Å². The summed E-state index contributed by atoms with van der Waals surface area (Å²) in [5.74, 6) is -2.37. The number of likely N-dealkylation sites (N-methyl/N-ethyl adjacent to an activating group) is 2. The fraction of sp³-hybridized carbons (Fsp3) is 0.364. The maximum absolute atomic E-state index is 13.7. The molecule has 0 radical (unpaired) electrons. The average Bonchev–Trinajstić information content (AvgIpc) is 2.72.